The van der Waals surface area contributed by atoms with Crippen molar-refractivity contribution in [3.63, 3.8) is 0 Å². The summed E-state index contributed by atoms with van der Waals surface area (Å²) in [6.45, 7) is 4.30. The Balaban J connectivity index is 2.09. The van der Waals surface area contributed by atoms with Gasteiger partial charge in [0.05, 0.1) is 0 Å². The van der Waals surface area contributed by atoms with Gasteiger partial charge in [-0.3, -0.25) is 9.69 Å². The highest BCUT2D eigenvalue weighted by Gasteiger charge is 2.51. The van der Waals surface area contributed by atoms with Crippen LogP contribution < -0.4 is 5.32 Å². The smallest absolute Gasteiger partial charge is 0.325 e. The van der Waals surface area contributed by atoms with Gasteiger partial charge in [-0.2, -0.15) is 0 Å². The largest absolute Gasteiger partial charge is 0.396 e. The van der Waals surface area contributed by atoms with E-state index >= 15 is 0 Å². The maximum absolute atomic E-state index is 12.4. The van der Waals surface area contributed by atoms with Crippen molar-refractivity contribution in [1.82, 2.24) is 10.2 Å². The van der Waals surface area contributed by atoms with Crippen molar-refractivity contribution in [1.29, 1.82) is 0 Å². The van der Waals surface area contributed by atoms with Gasteiger partial charge < -0.3 is 10.4 Å². The number of hydrogen-bond donors (Lipinski definition) is 2. The quantitative estimate of drug-likeness (QED) is 0.741. The molecule has 1 atom stereocenters. The molecule has 0 bridgehead atoms. The zero-order valence-electron chi connectivity index (χ0n) is 11.1. The molecule has 1 saturated heterocycles. The molecule has 2 N–H and O–H groups in total. The van der Waals surface area contributed by atoms with Crippen LogP contribution in [0.25, 0.3) is 0 Å². The Morgan fingerprint density at radius 2 is 2.06 bits per heavy atom. The number of aliphatic hydroxyl groups is 1. The van der Waals surface area contributed by atoms with E-state index in [4.69, 9.17) is 5.11 Å². The summed E-state index contributed by atoms with van der Waals surface area (Å²) in [6.07, 6.45) is 3.44. The molecule has 2 fully saturated rings. The zero-order valence-corrected chi connectivity index (χ0v) is 11.1. The Morgan fingerprint density at radius 1 is 1.44 bits per heavy atom. The number of hydrogen-bond acceptors (Lipinski definition) is 3. The van der Waals surface area contributed by atoms with Crippen molar-refractivity contribution in [2.75, 3.05) is 13.2 Å². The van der Waals surface area contributed by atoms with E-state index < -0.39 is 5.54 Å². The summed E-state index contributed by atoms with van der Waals surface area (Å²) < 4.78 is 0. The Morgan fingerprint density at radius 3 is 2.61 bits per heavy atom. The van der Waals surface area contributed by atoms with E-state index in [1.54, 1.807) is 0 Å². The van der Waals surface area contributed by atoms with Crippen LogP contribution in [0.5, 0.6) is 0 Å². The van der Waals surface area contributed by atoms with E-state index in [0.29, 0.717) is 12.5 Å². The fraction of sp³-hybridized carbons (Fsp3) is 0.846. The van der Waals surface area contributed by atoms with Crippen LogP contribution in [0, 0.1) is 11.8 Å². The van der Waals surface area contributed by atoms with E-state index in [0.717, 1.165) is 25.7 Å². The second-order valence-electron chi connectivity index (χ2n) is 5.90. The lowest BCUT2D eigenvalue weighted by Crippen LogP contribution is -2.49. The fourth-order valence-electron chi connectivity index (χ4n) is 2.81. The highest BCUT2D eigenvalue weighted by Crippen LogP contribution is 2.36. The Bertz CT molecular complexity index is 348. The van der Waals surface area contributed by atoms with Gasteiger partial charge in [0.15, 0.2) is 0 Å². The molecule has 2 aliphatic rings. The third kappa shape index (κ3) is 2.23. The van der Waals surface area contributed by atoms with Crippen LogP contribution in [0.1, 0.15) is 39.5 Å². The van der Waals surface area contributed by atoms with Crippen molar-refractivity contribution < 1.29 is 14.7 Å². The molecule has 3 amide bonds. The second-order valence-corrected chi connectivity index (χ2v) is 5.90. The fourth-order valence-corrected chi connectivity index (χ4v) is 2.81. The van der Waals surface area contributed by atoms with Gasteiger partial charge >= 0.3 is 6.03 Å². The SMILES string of the molecule is CC1CCC2(CC1)NC(=O)N(CC(C)CO)C2=O. The van der Waals surface area contributed by atoms with Crippen molar-refractivity contribution in [2.45, 2.75) is 45.1 Å². The standard InChI is InChI=1S/C13H22N2O3/c1-9-3-5-13(6-4-9)11(17)15(12(18)14-13)7-10(2)8-16/h9-10,16H,3-8H2,1-2H3,(H,14,18). The van der Waals surface area contributed by atoms with Crippen LogP contribution in [0.2, 0.25) is 0 Å². The summed E-state index contributed by atoms with van der Waals surface area (Å²) in [5, 5.41) is 11.9. The molecule has 1 aliphatic heterocycles. The minimum atomic E-state index is -0.654. The molecule has 2 rings (SSSR count). The molecule has 102 valence electrons. The van der Waals surface area contributed by atoms with Gasteiger partial charge in [-0.1, -0.05) is 13.8 Å². The maximum Gasteiger partial charge on any atom is 0.325 e. The molecule has 1 heterocycles. The van der Waals surface area contributed by atoms with Crippen LogP contribution in [0.4, 0.5) is 4.79 Å². The van der Waals surface area contributed by atoms with E-state index in [9.17, 15) is 9.59 Å². The molecular weight excluding hydrogens is 232 g/mol. The first-order valence-corrected chi connectivity index (χ1v) is 6.73. The summed E-state index contributed by atoms with van der Waals surface area (Å²) in [6, 6.07) is -0.296. The van der Waals surface area contributed by atoms with Crippen molar-refractivity contribution >= 4 is 11.9 Å². The monoisotopic (exact) mass is 254 g/mol. The highest BCUT2D eigenvalue weighted by atomic mass is 16.3. The lowest BCUT2D eigenvalue weighted by molar-refractivity contribution is -0.133. The number of carbonyl (C=O) groups excluding carboxylic acids is 2. The Kier molecular flexibility index (Phi) is 3.61. The van der Waals surface area contributed by atoms with E-state index in [2.05, 4.69) is 12.2 Å². The number of nitrogens with zero attached hydrogens (tertiary/aromatic N) is 1. The summed E-state index contributed by atoms with van der Waals surface area (Å²) in [4.78, 5) is 25.6. The molecule has 1 aliphatic carbocycles. The maximum atomic E-state index is 12.4. The Hall–Kier alpha value is -1.10. The molecule has 5 heteroatoms. The number of aliphatic hydroxyl groups excluding tert-OH is 1. The van der Waals surface area contributed by atoms with Gasteiger partial charge in [-0.05, 0) is 37.5 Å². The number of carbonyl (C=O) groups is 2. The first kappa shape index (κ1) is 13.3. The van der Waals surface area contributed by atoms with Crippen LogP contribution in [-0.4, -0.2) is 40.6 Å². The Labute approximate surface area is 108 Å². The average molecular weight is 254 g/mol. The number of nitrogens with one attached hydrogen (secondary N) is 1. The zero-order chi connectivity index (χ0) is 13.3. The van der Waals surface area contributed by atoms with E-state index in [1.165, 1.54) is 4.90 Å². The van der Waals surface area contributed by atoms with Crippen molar-refractivity contribution in [2.24, 2.45) is 11.8 Å². The minimum Gasteiger partial charge on any atom is -0.396 e. The summed E-state index contributed by atoms with van der Waals surface area (Å²) in [5.74, 6) is 0.461. The minimum absolute atomic E-state index is 0.0128. The predicted octanol–water partition coefficient (Wildman–Crippen LogP) is 1.12. The highest BCUT2D eigenvalue weighted by molar-refractivity contribution is 6.07. The molecule has 1 unspecified atom stereocenters. The van der Waals surface area contributed by atoms with Crippen LogP contribution >= 0.6 is 0 Å². The summed E-state index contributed by atoms with van der Waals surface area (Å²) in [5.41, 5.74) is -0.654. The first-order chi connectivity index (χ1) is 8.48. The second kappa shape index (κ2) is 4.88. The number of imide groups is 1. The van der Waals surface area contributed by atoms with E-state index in [1.807, 2.05) is 6.92 Å². The van der Waals surface area contributed by atoms with Crippen LogP contribution in [0.3, 0.4) is 0 Å². The molecule has 0 radical (unpaired) electrons. The lowest BCUT2D eigenvalue weighted by atomic mass is 9.77. The van der Waals surface area contributed by atoms with Gasteiger partial charge in [0, 0.05) is 13.2 Å². The molecule has 1 spiro atoms. The van der Waals surface area contributed by atoms with Gasteiger partial charge in [0.2, 0.25) is 0 Å². The van der Waals surface area contributed by atoms with Gasteiger partial charge in [-0.15, -0.1) is 0 Å². The van der Waals surface area contributed by atoms with Crippen molar-refractivity contribution in [3.8, 4) is 0 Å². The van der Waals surface area contributed by atoms with Gasteiger partial charge in [-0.25, -0.2) is 4.79 Å². The molecule has 18 heavy (non-hydrogen) atoms. The predicted molar refractivity (Wildman–Crippen MR) is 66.9 cm³/mol. The average Bonchev–Trinajstić information content (AvgIpc) is 2.58. The number of amides is 3. The normalized spacial score (nSPS) is 33.9. The number of urea groups is 1. The third-order valence-electron chi connectivity index (χ3n) is 4.18. The van der Waals surface area contributed by atoms with Gasteiger partial charge in [0.1, 0.15) is 5.54 Å². The molecule has 0 aromatic heterocycles. The van der Waals surface area contributed by atoms with Crippen molar-refractivity contribution in [3.05, 3.63) is 0 Å². The van der Waals surface area contributed by atoms with Gasteiger partial charge in [0.25, 0.3) is 5.91 Å². The molecule has 5 nitrogen and oxygen atoms in total. The molecular formula is C13H22N2O3. The summed E-state index contributed by atoms with van der Waals surface area (Å²) in [7, 11) is 0. The first-order valence-electron chi connectivity index (χ1n) is 6.73. The van der Waals surface area contributed by atoms with E-state index in [-0.39, 0.29) is 24.5 Å². The molecule has 0 aromatic carbocycles. The molecule has 0 aromatic rings. The third-order valence-corrected chi connectivity index (χ3v) is 4.18. The number of rotatable bonds is 3. The topological polar surface area (TPSA) is 69.6 Å². The van der Waals surface area contributed by atoms with Crippen LogP contribution in [-0.2, 0) is 4.79 Å². The molecule has 1 saturated carbocycles. The summed E-state index contributed by atoms with van der Waals surface area (Å²) >= 11 is 0. The van der Waals surface area contributed by atoms with Crippen LogP contribution in [0.15, 0.2) is 0 Å². The lowest BCUT2D eigenvalue weighted by Gasteiger charge is -2.33.